The molecule has 3 aromatic carbocycles. The molecule has 218 valence electrons. The van der Waals surface area contributed by atoms with Gasteiger partial charge in [0.1, 0.15) is 29.9 Å². The normalized spacial score (nSPS) is 13.2. The number of ether oxygens (including phenoxy) is 2. The van der Waals surface area contributed by atoms with Crippen LogP contribution in [-0.2, 0) is 27.5 Å². The first-order valence-electron chi connectivity index (χ1n) is 13.0. The average molecular weight is 620 g/mol. The van der Waals surface area contributed by atoms with Crippen molar-refractivity contribution in [1.29, 1.82) is 5.26 Å². The van der Waals surface area contributed by atoms with Gasteiger partial charge < -0.3 is 9.47 Å². The van der Waals surface area contributed by atoms with E-state index in [0.717, 1.165) is 23.3 Å². The summed E-state index contributed by atoms with van der Waals surface area (Å²) in [6.45, 7) is 1.17. The zero-order valence-corrected chi connectivity index (χ0v) is 24.4. The lowest BCUT2D eigenvalue weighted by atomic mass is 9.81. The topological polar surface area (TPSA) is 103 Å². The van der Waals surface area contributed by atoms with Crippen molar-refractivity contribution in [3.63, 3.8) is 0 Å². The Morgan fingerprint density at radius 2 is 1.98 bits per heavy atom. The third kappa shape index (κ3) is 6.62. The van der Waals surface area contributed by atoms with Gasteiger partial charge in [0.25, 0.3) is 0 Å². The first-order chi connectivity index (χ1) is 20.8. The summed E-state index contributed by atoms with van der Waals surface area (Å²) in [4.78, 5) is 21.7. The predicted molar refractivity (Wildman–Crippen MR) is 156 cm³/mol. The molecule has 5 rings (SSSR count). The van der Waals surface area contributed by atoms with Gasteiger partial charge in [-0.25, -0.2) is 28.2 Å². The van der Waals surface area contributed by atoms with Gasteiger partial charge in [-0.05, 0) is 35.9 Å². The van der Waals surface area contributed by atoms with Crippen molar-refractivity contribution in [3.05, 3.63) is 124 Å². The number of hydrogen-bond donors (Lipinski definition) is 0. The third-order valence-electron chi connectivity index (χ3n) is 6.98. The molecule has 0 aliphatic rings. The molecule has 0 bridgehead atoms. The van der Waals surface area contributed by atoms with E-state index in [9.17, 15) is 9.18 Å². The van der Waals surface area contributed by atoms with Crippen molar-refractivity contribution in [2.75, 3.05) is 6.79 Å². The van der Waals surface area contributed by atoms with Crippen LogP contribution in [0.25, 0.3) is 11.3 Å². The van der Waals surface area contributed by atoms with E-state index < -0.39 is 35.9 Å². The fourth-order valence-corrected chi connectivity index (χ4v) is 5.81. The van der Waals surface area contributed by atoms with Gasteiger partial charge in [-0.3, -0.25) is 0 Å². The van der Waals surface area contributed by atoms with Gasteiger partial charge in [0.05, 0.1) is 34.4 Å². The molecule has 0 saturated heterocycles. The molecule has 0 spiro atoms. The van der Waals surface area contributed by atoms with Crippen molar-refractivity contribution in [1.82, 2.24) is 19.7 Å². The van der Waals surface area contributed by atoms with Crippen LogP contribution in [0, 0.1) is 23.0 Å². The maximum absolute atomic E-state index is 15.6. The Morgan fingerprint density at radius 1 is 1.16 bits per heavy atom. The number of hydrogen-bond acceptors (Lipinski definition) is 8. The molecule has 0 aliphatic carbocycles. The van der Waals surface area contributed by atoms with E-state index in [1.165, 1.54) is 34.7 Å². The van der Waals surface area contributed by atoms with Crippen LogP contribution < -0.4 is 0 Å². The molecule has 0 amide bonds. The van der Waals surface area contributed by atoms with Crippen LogP contribution in [0.15, 0.2) is 84.8 Å². The van der Waals surface area contributed by atoms with Gasteiger partial charge in [0.15, 0.2) is 6.79 Å². The van der Waals surface area contributed by atoms with Gasteiger partial charge >= 0.3 is 5.97 Å². The molecular weight excluding hydrogens is 596 g/mol. The highest BCUT2D eigenvalue weighted by Crippen LogP contribution is 2.44. The number of carbonyl (C=O) groups is 1. The van der Waals surface area contributed by atoms with E-state index in [1.54, 1.807) is 55.5 Å². The predicted octanol–water partition coefficient (Wildman–Crippen LogP) is 6.82. The number of esters is 1. The number of rotatable bonds is 11. The van der Waals surface area contributed by atoms with Crippen LogP contribution in [0.5, 0.6) is 0 Å². The Labute approximate surface area is 255 Å². The molecule has 5 aromatic rings. The third-order valence-corrected chi connectivity index (χ3v) is 8.31. The number of benzene rings is 3. The van der Waals surface area contributed by atoms with Gasteiger partial charge in [-0.1, -0.05) is 37.3 Å². The Kier molecular flexibility index (Phi) is 9.21. The van der Waals surface area contributed by atoms with Crippen molar-refractivity contribution in [3.8, 4) is 17.3 Å². The molecular formula is C31H24ClF2N5O3S. The highest BCUT2D eigenvalue weighted by Gasteiger charge is 2.45. The van der Waals surface area contributed by atoms with E-state index in [1.807, 2.05) is 5.38 Å². The van der Waals surface area contributed by atoms with Gasteiger partial charge in [-0.2, -0.15) is 10.4 Å². The van der Waals surface area contributed by atoms with Gasteiger partial charge in [0, 0.05) is 34.4 Å². The molecule has 2 heterocycles. The van der Waals surface area contributed by atoms with E-state index in [-0.39, 0.29) is 23.6 Å². The smallest absolute Gasteiger partial charge is 0.340 e. The fraction of sp³-hybridized carbons (Fsp3) is 0.194. The van der Waals surface area contributed by atoms with E-state index in [0.29, 0.717) is 16.3 Å². The summed E-state index contributed by atoms with van der Waals surface area (Å²) in [7, 11) is 0. The quantitative estimate of drug-likeness (QED) is 0.0908. The number of halogens is 3. The first-order valence-corrected chi connectivity index (χ1v) is 14.4. The lowest BCUT2D eigenvalue weighted by molar-refractivity contribution is -0.148. The second-order valence-corrected chi connectivity index (χ2v) is 10.8. The van der Waals surface area contributed by atoms with Crippen molar-refractivity contribution >= 4 is 28.9 Å². The number of carbonyl (C=O) groups excluding carboxylic acids is 1. The molecule has 0 fully saturated rings. The molecule has 0 N–H and O–H groups in total. The Balaban J connectivity index is 1.53. The summed E-state index contributed by atoms with van der Waals surface area (Å²) >= 11 is 7.23. The Morgan fingerprint density at radius 3 is 2.67 bits per heavy atom. The number of alkyl halides is 1. The number of thiazole rings is 1. The van der Waals surface area contributed by atoms with Crippen LogP contribution in [0.1, 0.15) is 44.9 Å². The fourth-order valence-electron chi connectivity index (χ4n) is 4.68. The van der Waals surface area contributed by atoms with Crippen LogP contribution in [0.3, 0.4) is 0 Å². The highest BCUT2D eigenvalue weighted by molar-refractivity contribution is 7.10. The molecule has 2 atom stereocenters. The standard InChI is InChI=1S/C31H24ClF2N5O3S/c1-20(29-38-28(15-43-29)23-7-5-21(14-35)6-8-23)31(16-39-18-36-17-37-39,26-10-9-25(33)12-27(26)34)42-19-41-30(40)24-4-2-3-22(11-24)13-32/h2-12,15,17-18,20H,13,16,19H2,1H3/t20-,31-/m1/s1. The maximum Gasteiger partial charge on any atom is 0.340 e. The van der Waals surface area contributed by atoms with Crippen molar-refractivity contribution in [2.45, 2.75) is 30.9 Å². The average Bonchev–Trinajstić information content (AvgIpc) is 3.73. The summed E-state index contributed by atoms with van der Waals surface area (Å²) in [5, 5.41) is 15.7. The SMILES string of the molecule is C[C@H](c1nc(-c2ccc(C#N)cc2)cs1)[C@@](Cn1cncn1)(OCOC(=O)c1cccc(CCl)c1)c1ccc(F)cc1F. The molecule has 12 heteroatoms. The Hall–Kier alpha value is -4.50. The lowest BCUT2D eigenvalue weighted by Gasteiger charge is -2.38. The van der Waals surface area contributed by atoms with Crippen molar-refractivity contribution in [2.24, 2.45) is 0 Å². The summed E-state index contributed by atoms with van der Waals surface area (Å²) in [6.07, 6.45) is 2.77. The van der Waals surface area contributed by atoms with E-state index in [4.69, 9.17) is 31.3 Å². The van der Waals surface area contributed by atoms with E-state index >= 15 is 4.39 Å². The Bertz CT molecular complexity index is 1760. The minimum Gasteiger partial charge on any atom is -0.435 e. The van der Waals surface area contributed by atoms with Crippen LogP contribution in [0.2, 0.25) is 0 Å². The molecule has 2 aromatic heterocycles. The minimum atomic E-state index is -1.58. The summed E-state index contributed by atoms with van der Waals surface area (Å²) in [5.41, 5.74) is 1.41. The first kappa shape index (κ1) is 30.0. The van der Waals surface area contributed by atoms with E-state index in [2.05, 4.69) is 16.2 Å². The molecule has 0 unspecified atom stereocenters. The summed E-state index contributed by atoms with van der Waals surface area (Å²) in [6, 6.07) is 18.9. The monoisotopic (exact) mass is 619 g/mol. The molecule has 43 heavy (non-hydrogen) atoms. The molecule has 8 nitrogen and oxygen atoms in total. The van der Waals surface area contributed by atoms with Crippen LogP contribution in [-0.4, -0.2) is 32.5 Å². The summed E-state index contributed by atoms with van der Waals surface area (Å²) in [5.74, 6) is -2.71. The largest absolute Gasteiger partial charge is 0.435 e. The lowest BCUT2D eigenvalue weighted by Crippen LogP contribution is -2.42. The van der Waals surface area contributed by atoms with Crippen LogP contribution >= 0.6 is 22.9 Å². The summed E-state index contributed by atoms with van der Waals surface area (Å²) < 4.78 is 42.9. The highest BCUT2D eigenvalue weighted by atomic mass is 35.5. The number of nitrogens with zero attached hydrogens (tertiary/aromatic N) is 5. The maximum atomic E-state index is 15.6. The molecule has 0 radical (unpaired) electrons. The van der Waals surface area contributed by atoms with Crippen molar-refractivity contribution < 1.29 is 23.0 Å². The second-order valence-electron chi connectivity index (χ2n) is 9.62. The minimum absolute atomic E-state index is 0.0206. The van der Waals surface area contributed by atoms with Gasteiger partial charge in [-0.15, -0.1) is 22.9 Å². The zero-order chi connectivity index (χ0) is 30.4. The number of aromatic nitrogens is 4. The number of nitriles is 1. The second kappa shape index (κ2) is 13.2. The van der Waals surface area contributed by atoms with Crippen LogP contribution in [0.4, 0.5) is 8.78 Å². The molecule has 0 saturated carbocycles. The zero-order valence-electron chi connectivity index (χ0n) is 22.8. The van der Waals surface area contributed by atoms with Gasteiger partial charge in [0.2, 0.25) is 0 Å². The molecule has 0 aliphatic heterocycles.